The summed E-state index contributed by atoms with van der Waals surface area (Å²) in [6.45, 7) is -0.0878. The molecule has 2 rings (SSSR count). The Morgan fingerprint density at radius 1 is 1.14 bits per heavy atom. The summed E-state index contributed by atoms with van der Waals surface area (Å²) in [5.74, 6) is -0.522. The van der Waals surface area contributed by atoms with Crippen LogP contribution in [0.3, 0.4) is 0 Å². The second kappa shape index (κ2) is 7.04. The van der Waals surface area contributed by atoms with Crippen molar-refractivity contribution in [2.75, 3.05) is 12.4 Å². The van der Waals surface area contributed by atoms with Gasteiger partial charge in [-0.05, 0) is 46.3 Å². The van der Waals surface area contributed by atoms with Crippen molar-refractivity contribution in [3.05, 3.63) is 63.0 Å². The molecule has 0 unspecified atom stereocenters. The zero-order valence-corrected chi connectivity index (χ0v) is 13.4. The number of amides is 2. The van der Waals surface area contributed by atoms with E-state index in [0.717, 1.165) is 4.47 Å². The van der Waals surface area contributed by atoms with Crippen LogP contribution in [-0.4, -0.2) is 23.4 Å². The number of anilines is 1. The zero-order chi connectivity index (χ0) is 16.1. The molecule has 6 nitrogen and oxygen atoms in total. The van der Waals surface area contributed by atoms with Gasteiger partial charge in [0.1, 0.15) is 6.54 Å². The summed E-state index contributed by atoms with van der Waals surface area (Å²) >= 11 is 3.25. The number of pyridine rings is 1. The molecule has 1 aromatic carbocycles. The molecule has 0 radical (unpaired) electrons. The fourth-order valence-corrected chi connectivity index (χ4v) is 2.21. The van der Waals surface area contributed by atoms with E-state index in [0.29, 0.717) is 11.3 Å². The molecule has 0 saturated carbocycles. The Morgan fingerprint density at radius 2 is 1.82 bits per heavy atom. The van der Waals surface area contributed by atoms with E-state index >= 15 is 0 Å². The van der Waals surface area contributed by atoms with Crippen LogP contribution in [0.2, 0.25) is 0 Å². The van der Waals surface area contributed by atoms with Gasteiger partial charge in [0, 0.05) is 35.0 Å². The Morgan fingerprint density at radius 3 is 2.45 bits per heavy atom. The van der Waals surface area contributed by atoms with E-state index in [1.165, 1.54) is 10.6 Å². The molecule has 0 aliphatic rings. The molecule has 114 valence electrons. The summed E-state index contributed by atoms with van der Waals surface area (Å²) in [7, 11) is 1.55. The first-order valence-corrected chi connectivity index (χ1v) is 7.27. The molecule has 1 heterocycles. The van der Waals surface area contributed by atoms with E-state index in [1.807, 2.05) is 0 Å². The molecule has 0 spiro atoms. The summed E-state index contributed by atoms with van der Waals surface area (Å²) in [6.07, 6.45) is 1.55. The third-order valence-electron chi connectivity index (χ3n) is 2.92. The summed E-state index contributed by atoms with van der Waals surface area (Å²) < 4.78 is 2.02. The van der Waals surface area contributed by atoms with Gasteiger partial charge in [-0.15, -0.1) is 0 Å². The predicted molar refractivity (Wildman–Crippen MR) is 86.9 cm³/mol. The first kappa shape index (κ1) is 16.0. The predicted octanol–water partition coefficient (Wildman–Crippen LogP) is 1.61. The molecule has 0 aliphatic heterocycles. The van der Waals surface area contributed by atoms with Gasteiger partial charge in [0.2, 0.25) is 5.91 Å². The van der Waals surface area contributed by atoms with E-state index in [1.54, 1.807) is 43.6 Å². The second-order valence-electron chi connectivity index (χ2n) is 4.52. The number of carbonyl (C=O) groups is 2. The summed E-state index contributed by atoms with van der Waals surface area (Å²) in [6, 6.07) is 9.49. The van der Waals surface area contributed by atoms with Crippen LogP contribution >= 0.6 is 15.9 Å². The Kier molecular flexibility index (Phi) is 5.11. The minimum atomic E-state index is -0.326. The van der Waals surface area contributed by atoms with Gasteiger partial charge in [-0.2, -0.15) is 0 Å². The lowest BCUT2D eigenvalue weighted by atomic mass is 10.2. The number of carbonyl (C=O) groups excluding carboxylic acids is 2. The van der Waals surface area contributed by atoms with E-state index < -0.39 is 0 Å². The van der Waals surface area contributed by atoms with Gasteiger partial charge in [-0.25, -0.2) is 0 Å². The summed E-state index contributed by atoms with van der Waals surface area (Å²) in [4.78, 5) is 35.0. The third-order valence-corrected chi connectivity index (χ3v) is 3.39. The van der Waals surface area contributed by atoms with Gasteiger partial charge < -0.3 is 15.2 Å². The van der Waals surface area contributed by atoms with Crippen molar-refractivity contribution < 1.29 is 9.59 Å². The van der Waals surface area contributed by atoms with Gasteiger partial charge in [-0.1, -0.05) is 0 Å². The van der Waals surface area contributed by atoms with Crippen molar-refractivity contribution in [3.63, 3.8) is 0 Å². The van der Waals surface area contributed by atoms with Crippen LogP contribution in [0.5, 0.6) is 0 Å². The first-order chi connectivity index (χ1) is 10.5. The Hall–Kier alpha value is -2.41. The fourth-order valence-electron chi connectivity index (χ4n) is 1.83. The maximum absolute atomic E-state index is 12.0. The average molecular weight is 364 g/mol. The average Bonchev–Trinajstić information content (AvgIpc) is 2.51. The Labute approximate surface area is 135 Å². The number of rotatable bonds is 4. The SMILES string of the molecule is CNC(=O)c1ccc(NC(=O)Cn2cc(Br)ccc2=O)cc1. The molecule has 2 N–H and O–H groups in total. The highest BCUT2D eigenvalue weighted by atomic mass is 79.9. The maximum Gasteiger partial charge on any atom is 0.251 e. The zero-order valence-electron chi connectivity index (χ0n) is 11.8. The molecular weight excluding hydrogens is 350 g/mol. The molecule has 0 atom stereocenters. The highest BCUT2D eigenvalue weighted by molar-refractivity contribution is 9.10. The van der Waals surface area contributed by atoms with Crippen LogP contribution < -0.4 is 16.2 Å². The molecule has 0 bridgehead atoms. The van der Waals surface area contributed by atoms with Crippen LogP contribution in [0.15, 0.2) is 51.9 Å². The number of nitrogens with zero attached hydrogens (tertiary/aromatic N) is 1. The van der Waals surface area contributed by atoms with Crippen molar-refractivity contribution >= 4 is 33.4 Å². The molecule has 22 heavy (non-hydrogen) atoms. The van der Waals surface area contributed by atoms with Crippen LogP contribution in [0.25, 0.3) is 0 Å². The highest BCUT2D eigenvalue weighted by Gasteiger charge is 2.07. The molecule has 7 heteroatoms. The van der Waals surface area contributed by atoms with Crippen molar-refractivity contribution in [2.45, 2.75) is 6.54 Å². The highest BCUT2D eigenvalue weighted by Crippen LogP contribution is 2.10. The van der Waals surface area contributed by atoms with Crippen LogP contribution in [-0.2, 0) is 11.3 Å². The van der Waals surface area contributed by atoms with Gasteiger partial charge in [0.25, 0.3) is 11.5 Å². The standard InChI is InChI=1S/C15H14BrN3O3/c1-17-15(22)10-2-5-12(6-3-10)18-13(20)9-19-8-11(16)4-7-14(19)21/h2-8H,9H2,1H3,(H,17,22)(H,18,20). The van der Waals surface area contributed by atoms with Crippen molar-refractivity contribution in [3.8, 4) is 0 Å². The number of halogens is 1. The van der Waals surface area contributed by atoms with Crippen LogP contribution in [0, 0.1) is 0 Å². The minimum absolute atomic E-state index is 0.0878. The lowest BCUT2D eigenvalue weighted by molar-refractivity contribution is -0.116. The van der Waals surface area contributed by atoms with Crippen LogP contribution in [0.1, 0.15) is 10.4 Å². The van der Waals surface area contributed by atoms with Crippen molar-refractivity contribution in [2.24, 2.45) is 0 Å². The van der Waals surface area contributed by atoms with E-state index in [-0.39, 0.29) is 23.9 Å². The smallest absolute Gasteiger partial charge is 0.251 e. The topological polar surface area (TPSA) is 80.2 Å². The molecular formula is C15H14BrN3O3. The van der Waals surface area contributed by atoms with Gasteiger partial charge in [0.15, 0.2) is 0 Å². The number of benzene rings is 1. The molecule has 0 aliphatic carbocycles. The van der Waals surface area contributed by atoms with E-state index in [9.17, 15) is 14.4 Å². The second-order valence-corrected chi connectivity index (χ2v) is 5.43. The fraction of sp³-hybridized carbons (Fsp3) is 0.133. The quantitative estimate of drug-likeness (QED) is 0.865. The molecule has 0 fully saturated rings. The number of aromatic nitrogens is 1. The van der Waals surface area contributed by atoms with Gasteiger partial charge >= 0.3 is 0 Å². The normalized spacial score (nSPS) is 10.1. The molecule has 1 aromatic heterocycles. The minimum Gasteiger partial charge on any atom is -0.355 e. The number of hydrogen-bond acceptors (Lipinski definition) is 3. The number of hydrogen-bond donors (Lipinski definition) is 2. The van der Waals surface area contributed by atoms with E-state index in [4.69, 9.17) is 0 Å². The summed E-state index contributed by atoms with van der Waals surface area (Å²) in [5, 5.41) is 5.19. The first-order valence-electron chi connectivity index (χ1n) is 6.47. The van der Waals surface area contributed by atoms with Gasteiger partial charge in [0.05, 0.1) is 0 Å². The lowest BCUT2D eigenvalue weighted by Gasteiger charge is -2.08. The lowest BCUT2D eigenvalue weighted by Crippen LogP contribution is -2.26. The van der Waals surface area contributed by atoms with Crippen LogP contribution in [0.4, 0.5) is 5.69 Å². The van der Waals surface area contributed by atoms with Crippen molar-refractivity contribution in [1.82, 2.24) is 9.88 Å². The summed E-state index contributed by atoms with van der Waals surface area (Å²) in [5.41, 5.74) is 0.803. The van der Waals surface area contributed by atoms with Crippen molar-refractivity contribution in [1.29, 1.82) is 0 Å². The number of nitrogens with one attached hydrogen (secondary N) is 2. The maximum atomic E-state index is 12.0. The van der Waals surface area contributed by atoms with E-state index in [2.05, 4.69) is 26.6 Å². The largest absolute Gasteiger partial charge is 0.355 e. The molecule has 0 saturated heterocycles. The Balaban J connectivity index is 2.04. The molecule has 2 amide bonds. The van der Waals surface area contributed by atoms with Gasteiger partial charge in [-0.3, -0.25) is 14.4 Å². The monoisotopic (exact) mass is 363 g/mol. The third kappa shape index (κ3) is 4.05. The Bertz CT molecular complexity index is 753. The molecule has 2 aromatic rings.